The lowest BCUT2D eigenvalue weighted by Gasteiger charge is -2.45. The van der Waals surface area contributed by atoms with Crippen LogP contribution in [-0.2, 0) is 30.3 Å². The van der Waals surface area contributed by atoms with Crippen molar-refractivity contribution in [1.82, 2.24) is 0 Å². The number of hydrogen-bond acceptors (Lipinski definition) is 8. The van der Waals surface area contributed by atoms with E-state index in [0.29, 0.717) is 12.2 Å². The SMILES string of the molecule is C[C@@H]1OC(CO[C@H]2OC(CO)[C@@H](C)[C@H](C)C2OC(=O)c2ccccc2)[C@@H](C)[C@H](O)C1OCc1ccccc1. The molecule has 0 bridgehead atoms. The van der Waals surface area contributed by atoms with Crippen LogP contribution < -0.4 is 0 Å². The van der Waals surface area contributed by atoms with E-state index in [9.17, 15) is 15.0 Å². The average Bonchev–Trinajstić information content (AvgIpc) is 2.94. The molecule has 38 heavy (non-hydrogen) atoms. The molecule has 0 aromatic heterocycles. The zero-order chi connectivity index (χ0) is 27.2. The Morgan fingerprint density at radius 1 is 0.816 bits per heavy atom. The van der Waals surface area contributed by atoms with Crippen LogP contribution in [0.3, 0.4) is 0 Å². The highest BCUT2D eigenvalue weighted by Crippen LogP contribution is 2.35. The molecule has 208 valence electrons. The Labute approximate surface area is 224 Å². The van der Waals surface area contributed by atoms with E-state index in [-0.39, 0.29) is 37.1 Å². The number of aliphatic hydroxyl groups excluding tert-OH is 2. The Kier molecular flexibility index (Phi) is 9.92. The van der Waals surface area contributed by atoms with Crippen molar-refractivity contribution in [1.29, 1.82) is 0 Å². The molecule has 10 atom stereocenters. The van der Waals surface area contributed by atoms with Crippen LogP contribution in [0.4, 0.5) is 0 Å². The van der Waals surface area contributed by atoms with Crippen molar-refractivity contribution in [2.75, 3.05) is 13.2 Å². The van der Waals surface area contributed by atoms with E-state index in [2.05, 4.69) is 0 Å². The van der Waals surface area contributed by atoms with Crippen molar-refractivity contribution in [3.8, 4) is 0 Å². The quantitative estimate of drug-likeness (QED) is 0.476. The maximum atomic E-state index is 12.9. The second-order valence-corrected chi connectivity index (χ2v) is 10.5. The summed E-state index contributed by atoms with van der Waals surface area (Å²) in [6.07, 6.45) is -4.03. The third-order valence-corrected chi connectivity index (χ3v) is 7.97. The van der Waals surface area contributed by atoms with Gasteiger partial charge in [0.25, 0.3) is 0 Å². The first-order valence-electron chi connectivity index (χ1n) is 13.4. The molecular weight excluding hydrogens is 488 g/mol. The highest BCUT2D eigenvalue weighted by atomic mass is 16.7. The standard InChI is InChI=1S/C30H40O8/c1-18-19(2)27(38-29(33)23-13-9-6-10-14-23)30(37-24(18)15-31)35-17-25-20(3)26(32)28(21(4)36-25)34-16-22-11-7-5-8-12-22/h5-14,18-21,24-28,30-32H,15-17H2,1-4H3/t18-,19-,20+,21-,24?,25?,26-,27?,28?,30-/m0/s1. The summed E-state index contributed by atoms with van der Waals surface area (Å²) < 4.78 is 30.4. The number of ether oxygens (including phenoxy) is 5. The molecule has 2 aromatic rings. The molecular formula is C30H40O8. The summed E-state index contributed by atoms with van der Waals surface area (Å²) in [6.45, 7) is 8.05. The molecule has 2 aliphatic rings. The van der Waals surface area contributed by atoms with E-state index >= 15 is 0 Å². The van der Waals surface area contributed by atoms with E-state index in [0.717, 1.165) is 5.56 Å². The highest BCUT2D eigenvalue weighted by Gasteiger charge is 2.46. The average molecular weight is 529 g/mol. The molecule has 8 nitrogen and oxygen atoms in total. The Morgan fingerprint density at radius 3 is 2.13 bits per heavy atom. The van der Waals surface area contributed by atoms with Gasteiger partial charge in [-0.2, -0.15) is 0 Å². The van der Waals surface area contributed by atoms with Crippen LogP contribution in [0.15, 0.2) is 60.7 Å². The topological polar surface area (TPSA) is 104 Å². The smallest absolute Gasteiger partial charge is 0.338 e. The van der Waals surface area contributed by atoms with E-state index in [4.69, 9.17) is 23.7 Å². The third kappa shape index (κ3) is 6.62. The molecule has 0 radical (unpaired) electrons. The zero-order valence-electron chi connectivity index (χ0n) is 22.5. The lowest BCUT2D eigenvalue weighted by molar-refractivity contribution is -0.291. The minimum Gasteiger partial charge on any atom is -0.453 e. The van der Waals surface area contributed by atoms with Crippen molar-refractivity contribution < 1.29 is 38.7 Å². The molecule has 2 saturated heterocycles. The lowest BCUT2D eigenvalue weighted by Crippen LogP contribution is -2.56. The van der Waals surface area contributed by atoms with Gasteiger partial charge in [0.05, 0.1) is 49.8 Å². The first-order valence-corrected chi connectivity index (χ1v) is 13.4. The minimum atomic E-state index is -0.888. The van der Waals surface area contributed by atoms with Crippen molar-refractivity contribution in [3.05, 3.63) is 71.8 Å². The second kappa shape index (κ2) is 13.2. The highest BCUT2D eigenvalue weighted by molar-refractivity contribution is 5.89. The van der Waals surface area contributed by atoms with Gasteiger partial charge in [-0.3, -0.25) is 0 Å². The van der Waals surface area contributed by atoms with Gasteiger partial charge < -0.3 is 33.9 Å². The van der Waals surface area contributed by atoms with Crippen LogP contribution >= 0.6 is 0 Å². The Bertz CT molecular complexity index is 1000. The summed E-state index contributed by atoms with van der Waals surface area (Å²) in [5.74, 6) is -0.906. The Balaban J connectivity index is 1.39. The third-order valence-electron chi connectivity index (χ3n) is 7.97. The predicted octanol–water partition coefficient (Wildman–Crippen LogP) is 3.59. The van der Waals surface area contributed by atoms with E-state index in [1.54, 1.807) is 24.3 Å². The summed E-state index contributed by atoms with van der Waals surface area (Å²) >= 11 is 0. The first kappa shape index (κ1) is 28.7. The Hall–Kier alpha value is -2.33. The second-order valence-electron chi connectivity index (χ2n) is 10.5. The number of benzene rings is 2. The monoisotopic (exact) mass is 528 g/mol. The number of aliphatic hydroxyl groups is 2. The molecule has 2 heterocycles. The van der Waals surface area contributed by atoms with Gasteiger partial charge in [0.15, 0.2) is 12.4 Å². The normalized spacial score (nSPS) is 35.5. The molecule has 0 aliphatic carbocycles. The van der Waals surface area contributed by atoms with Crippen LogP contribution in [0.1, 0.15) is 43.6 Å². The minimum absolute atomic E-state index is 0.0531. The van der Waals surface area contributed by atoms with Gasteiger partial charge in [-0.15, -0.1) is 0 Å². The van der Waals surface area contributed by atoms with Gasteiger partial charge in [0.2, 0.25) is 0 Å². The fraction of sp³-hybridized carbons (Fsp3) is 0.567. The van der Waals surface area contributed by atoms with Crippen LogP contribution in [0.2, 0.25) is 0 Å². The maximum absolute atomic E-state index is 12.9. The summed E-state index contributed by atoms with van der Waals surface area (Å²) in [5.41, 5.74) is 1.47. The van der Waals surface area contributed by atoms with E-state index in [1.165, 1.54) is 0 Å². The number of hydrogen-bond donors (Lipinski definition) is 2. The molecule has 4 rings (SSSR count). The largest absolute Gasteiger partial charge is 0.453 e. The number of carbonyl (C=O) groups is 1. The maximum Gasteiger partial charge on any atom is 0.338 e. The van der Waals surface area contributed by atoms with Gasteiger partial charge >= 0.3 is 5.97 Å². The van der Waals surface area contributed by atoms with Gasteiger partial charge in [-0.05, 0) is 30.5 Å². The van der Waals surface area contributed by atoms with Gasteiger partial charge in [0, 0.05) is 11.8 Å². The van der Waals surface area contributed by atoms with Gasteiger partial charge in [-0.1, -0.05) is 69.3 Å². The first-order chi connectivity index (χ1) is 18.3. The van der Waals surface area contributed by atoms with Gasteiger partial charge in [0.1, 0.15) is 6.10 Å². The molecule has 2 N–H and O–H groups in total. The summed E-state index contributed by atoms with van der Waals surface area (Å²) in [4.78, 5) is 12.9. The lowest BCUT2D eigenvalue weighted by atomic mass is 9.83. The summed E-state index contributed by atoms with van der Waals surface area (Å²) in [7, 11) is 0. The van der Waals surface area contributed by atoms with Crippen molar-refractivity contribution in [3.63, 3.8) is 0 Å². The van der Waals surface area contributed by atoms with Gasteiger partial charge in [-0.25, -0.2) is 4.79 Å². The summed E-state index contributed by atoms with van der Waals surface area (Å²) in [5, 5.41) is 20.9. The molecule has 2 aromatic carbocycles. The number of esters is 1. The molecule has 4 unspecified atom stereocenters. The summed E-state index contributed by atoms with van der Waals surface area (Å²) in [6, 6.07) is 18.6. The van der Waals surface area contributed by atoms with E-state index < -0.39 is 42.8 Å². The molecule has 2 fully saturated rings. The number of rotatable bonds is 9. The fourth-order valence-electron chi connectivity index (χ4n) is 5.19. The van der Waals surface area contributed by atoms with Crippen LogP contribution in [0.5, 0.6) is 0 Å². The van der Waals surface area contributed by atoms with Crippen LogP contribution in [0, 0.1) is 17.8 Å². The zero-order valence-corrected chi connectivity index (χ0v) is 22.5. The molecule has 0 saturated carbocycles. The number of carbonyl (C=O) groups excluding carboxylic acids is 1. The van der Waals surface area contributed by atoms with Crippen molar-refractivity contribution in [2.24, 2.45) is 17.8 Å². The van der Waals surface area contributed by atoms with Crippen molar-refractivity contribution in [2.45, 2.75) is 77.2 Å². The fourth-order valence-corrected chi connectivity index (χ4v) is 5.19. The predicted molar refractivity (Wildman–Crippen MR) is 140 cm³/mol. The molecule has 8 heteroatoms. The van der Waals surface area contributed by atoms with Crippen LogP contribution in [-0.4, -0.2) is 72.3 Å². The van der Waals surface area contributed by atoms with Crippen molar-refractivity contribution >= 4 is 5.97 Å². The van der Waals surface area contributed by atoms with E-state index in [1.807, 2.05) is 64.1 Å². The Morgan fingerprint density at radius 2 is 1.47 bits per heavy atom. The molecule has 2 aliphatic heterocycles. The van der Waals surface area contributed by atoms with Crippen LogP contribution in [0.25, 0.3) is 0 Å². The molecule has 0 amide bonds. The molecule has 0 spiro atoms.